The minimum atomic E-state index is -1.12. The Hall–Kier alpha value is -2.30. The van der Waals surface area contributed by atoms with Crippen molar-refractivity contribution in [2.75, 3.05) is 6.54 Å². The molecule has 0 aliphatic rings. The molecule has 1 heterocycles. The van der Waals surface area contributed by atoms with Gasteiger partial charge in [0, 0.05) is 11.9 Å². The van der Waals surface area contributed by atoms with Crippen LogP contribution in [0.15, 0.2) is 34.9 Å². The molecule has 0 radical (unpaired) electrons. The first-order valence-corrected chi connectivity index (χ1v) is 5.60. The molecule has 1 aromatic carbocycles. The Morgan fingerprint density at radius 2 is 2.06 bits per heavy atom. The van der Waals surface area contributed by atoms with Crippen molar-refractivity contribution in [3.63, 3.8) is 0 Å². The maximum atomic E-state index is 11.1. The summed E-state index contributed by atoms with van der Waals surface area (Å²) >= 11 is 0. The molecule has 0 atom stereocenters. The first-order chi connectivity index (χ1) is 8.66. The van der Waals surface area contributed by atoms with Crippen molar-refractivity contribution in [2.24, 2.45) is 0 Å². The van der Waals surface area contributed by atoms with E-state index >= 15 is 0 Å². The van der Waals surface area contributed by atoms with E-state index in [1.165, 1.54) is 0 Å². The predicted molar refractivity (Wildman–Crippen MR) is 65.2 cm³/mol. The summed E-state index contributed by atoms with van der Waals surface area (Å²) in [7, 11) is 0. The number of carbonyl (C=O) groups excluding carboxylic acids is 1. The molecule has 0 aliphatic carbocycles. The van der Waals surface area contributed by atoms with Crippen molar-refractivity contribution in [2.45, 2.75) is 12.8 Å². The third kappa shape index (κ3) is 2.88. The van der Waals surface area contributed by atoms with Gasteiger partial charge in [-0.15, -0.1) is 0 Å². The van der Waals surface area contributed by atoms with Gasteiger partial charge in [-0.3, -0.25) is 9.59 Å². The molecule has 2 N–H and O–H groups in total. The van der Waals surface area contributed by atoms with Gasteiger partial charge < -0.3 is 14.8 Å². The molecule has 0 saturated carbocycles. The van der Waals surface area contributed by atoms with Crippen LogP contribution in [0.5, 0.6) is 0 Å². The van der Waals surface area contributed by atoms with Gasteiger partial charge in [0.2, 0.25) is 5.91 Å². The molecular weight excluding hydrogens is 234 g/mol. The fraction of sp³-hybridized carbons (Fsp3) is 0.231. The summed E-state index contributed by atoms with van der Waals surface area (Å²) in [5, 5.41) is 12.0. The van der Waals surface area contributed by atoms with Gasteiger partial charge in [-0.2, -0.15) is 0 Å². The highest BCUT2D eigenvalue weighted by Gasteiger charge is 2.08. The first kappa shape index (κ1) is 12.2. The molecule has 0 spiro atoms. The monoisotopic (exact) mass is 247 g/mol. The number of carbonyl (C=O) groups is 2. The summed E-state index contributed by atoms with van der Waals surface area (Å²) < 4.78 is 5.36. The molecule has 0 bridgehead atoms. The van der Waals surface area contributed by atoms with Crippen molar-refractivity contribution in [1.29, 1.82) is 0 Å². The highest BCUT2D eigenvalue weighted by atomic mass is 16.4. The molecule has 5 nitrogen and oxygen atoms in total. The number of carboxylic acid groups (broad SMARTS) is 1. The van der Waals surface area contributed by atoms with Crippen LogP contribution in [-0.4, -0.2) is 23.5 Å². The summed E-state index contributed by atoms with van der Waals surface area (Å²) in [6.07, 6.45) is 1.78. The highest BCUT2D eigenvalue weighted by molar-refractivity contribution is 5.93. The normalized spacial score (nSPS) is 10.4. The molecule has 0 unspecified atom stereocenters. The molecule has 0 saturated heterocycles. The molecule has 0 fully saturated rings. The molecule has 5 heteroatoms. The third-order valence-corrected chi connectivity index (χ3v) is 2.59. The van der Waals surface area contributed by atoms with E-state index in [1.54, 1.807) is 6.26 Å². The number of hydrogen-bond acceptors (Lipinski definition) is 3. The molecule has 18 heavy (non-hydrogen) atoms. The van der Waals surface area contributed by atoms with Crippen molar-refractivity contribution in [3.8, 4) is 0 Å². The van der Waals surface area contributed by atoms with E-state index in [2.05, 4.69) is 5.32 Å². The van der Waals surface area contributed by atoms with Gasteiger partial charge in [0.1, 0.15) is 12.0 Å². The Kier molecular flexibility index (Phi) is 3.62. The highest BCUT2D eigenvalue weighted by Crippen LogP contribution is 2.20. The number of furan rings is 1. The van der Waals surface area contributed by atoms with Crippen LogP contribution < -0.4 is 5.32 Å². The molecule has 2 aromatic rings. The maximum absolute atomic E-state index is 11.1. The number of aliphatic carboxylic acids is 1. The number of fused-ring (bicyclic) bond motifs is 1. The van der Waals surface area contributed by atoms with Crippen LogP contribution in [0.25, 0.3) is 11.0 Å². The van der Waals surface area contributed by atoms with E-state index in [1.807, 2.05) is 24.3 Å². The Balaban J connectivity index is 1.91. The van der Waals surface area contributed by atoms with Gasteiger partial charge in [-0.25, -0.2) is 0 Å². The SMILES string of the molecule is O=C(O)CC(=O)NCCc1coc2ccccc12. The van der Waals surface area contributed by atoms with E-state index in [0.717, 1.165) is 16.5 Å². The minimum Gasteiger partial charge on any atom is -0.481 e. The van der Waals surface area contributed by atoms with Crippen molar-refractivity contribution in [1.82, 2.24) is 5.32 Å². The van der Waals surface area contributed by atoms with Crippen molar-refractivity contribution < 1.29 is 19.1 Å². The lowest BCUT2D eigenvalue weighted by molar-refractivity contribution is -0.140. The lowest BCUT2D eigenvalue weighted by atomic mass is 10.1. The van der Waals surface area contributed by atoms with Gasteiger partial charge in [-0.1, -0.05) is 18.2 Å². The van der Waals surface area contributed by atoms with E-state index in [4.69, 9.17) is 9.52 Å². The average Bonchev–Trinajstić information content (AvgIpc) is 2.72. The summed E-state index contributed by atoms with van der Waals surface area (Å²) in [6.45, 7) is 0.398. The standard InChI is InChI=1S/C13H13NO4/c15-12(7-13(16)17)14-6-5-9-8-18-11-4-2-1-3-10(9)11/h1-4,8H,5-7H2,(H,14,15)(H,16,17). The smallest absolute Gasteiger partial charge is 0.312 e. The number of carboxylic acids is 1. The predicted octanol–water partition coefficient (Wildman–Crippen LogP) is 1.57. The van der Waals surface area contributed by atoms with Crippen LogP contribution in [0.1, 0.15) is 12.0 Å². The van der Waals surface area contributed by atoms with E-state index in [-0.39, 0.29) is 0 Å². The zero-order valence-corrected chi connectivity index (χ0v) is 9.68. The summed E-state index contributed by atoms with van der Waals surface area (Å²) in [4.78, 5) is 21.4. The summed E-state index contributed by atoms with van der Waals surface area (Å²) in [6, 6.07) is 7.64. The van der Waals surface area contributed by atoms with Gasteiger partial charge in [0.25, 0.3) is 0 Å². The number of amides is 1. The number of para-hydroxylation sites is 1. The largest absolute Gasteiger partial charge is 0.481 e. The van der Waals surface area contributed by atoms with Crippen LogP contribution in [0, 0.1) is 0 Å². The fourth-order valence-electron chi connectivity index (χ4n) is 1.76. The zero-order valence-electron chi connectivity index (χ0n) is 9.68. The second-order valence-electron chi connectivity index (χ2n) is 3.93. The first-order valence-electron chi connectivity index (χ1n) is 5.60. The number of hydrogen-bond donors (Lipinski definition) is 2. The lowest BCUT2D eigenvalue weighted by Gasteiger charge is -2.02. The fourth-order valence-corrected chi connectivity index (χ4v) is 1.76. The Bertz CT molecular complexity index is 573. The van der Waals surface area contributed by atoms with Gasteiger partial charge in [0.15, 0.2) is 0 Å². The molecule has 1 aromatic heterocycles. The number of nitrogens with one attached hydrogen (secondary N) is 1. The summed E-state index contributed by atoms with van der Waals surface area (Å²) in [5.74, 6) is -1.60. The third-order valence-electron chi connectivity index (χ3n) is 2.59. The van der Waals surface area contributed by atoms with Crippen LogP contribution in [0.4, 0.5) is 0 Å². The Morgan fingerprint density at radius 3 is 2.83 bits per heavy atom. The van der Waals surface area contributed by atoms with Crippen LogP contribution in [-0.2, 0) is 16.0 Å². The van der Waals surface area contributed by atoms with E-state index in [0.29, 0.717) is 13.0 Å². The van der Waals surface area contributed by atoms with Gasteiger partial charge >= 0.3 is 5.97 Å². The molecule has 2 rings (SSSR count). The van der Waals surface area contributed by atoms with Gasteiger partial charge in [-0.05, 0) is 18.1 Å². The second-order valence-corrected chi connectivity index (χ2v) is 3.93. The quantitative estimate of drug-likeness (QED) is 0.786. The zero-order chi connectivity index (χ0) is 13.0. The average molecular weight is 247 g/mol. The van der Waals surface area contributed by atoms with Crippen molar-refractivity contribution in [3.05, 3.63) is 36.1 Å². The van der Waals surface area contributed by atoms with Crippen LogP contribution >= 0.6 is 0 Å². The van der Waals surface area contributed by atoms with Crippen LogP contribution in [0.2, 0.25) is 0 Å². The molecule has 0 aliphatic heterocycles. The Morgan fingerprint density at radius 1 is 1.28 bits per heavy atom. The van der Waals surface area contributed by atoms with Gasteiger partial charge in [0.05, 0.1) is 6.26 Å². The number of rotatable bonds is 5. The topological polar surface area (TPSA) is 79.5 Å². The summed E-state index contributed by atoms with van der Waals surface area (Å²) in [5.41, 5.74) is 1.81. The second kappa shape index (κ2) is 5.35. The Labute approximate surface area is 103 Å². The molecule has 94 valence electrons. The van der Waals surface area contributed by atoms with Crippen molar-refractivity contribution >= 4 is 22.8 Å². The maximum Gasteiger partial charge on any atom is 0.312 e. The number of benzene rings is 1. The van der Waals surface area contributed by atoms with E-state index < -0.39 is 18.3 Å². The molecule has 1 amide bonds. The molecular formula is C13H13NO4. The lowest BCUT2D eigenvalue weighted by Crippen LogP contribution is -2.27. The minimum absolute atomic E-state index is 0.398. The van der Waals surface area contributed by atoms with Crippen LogP contribution in [0.3, 0.4) is 0 Å². The van der Waals surface area contributed by atoms with E-state index in [9.17, 15) is 9.59 Å².